The summed E-state index contributed by atoms with van der Waals surface area (Å²) in [6.45, 7) is -0.334. The zero-order valence-electron chi connectivity index (χ0n) is 14.1. The van der Waals surface area contributed by atoms with Gasteiger partial charge in [-0.1, -0.05) is 12.0 Å². The predicted octanol–water partition coefficient (Wildman–Crippen LogP) is 2.64. The minimum atomic E-state index is -0.559. The average molecular weight is 373 g/mol. The van der Waals surface area contributed by atoms with E-state index in [2.05, 4.69) is 5.32 Å². The van der Waals surface area contributed by atoms with Gasteiger partial charge >= 0.3 is 0 Å². The van der Waals surface area contributed by atoms with Crippen LogP contribution in [-0.4, -0.2) is 34.4 Å². The Morgan fingerprint density at radius 2 is 1.73 bits per heavy atom. The zero-order chi connectivity index (χ0) is 18.7. The van der Waals surface area contributed by atoms with E-state index in [1.165, 1.54) is 24.3 Å². The van der Waals surface area contributed by atoms with Crippen molar-refractivity contribution in [2.45, 2.75) is 32.1 Å². The number of anilines is 1. The molecule has 2 aliphatic rings. The van der Waals surface area contributed by atoms with Crippen LogP contribution >= 0.6 is 11.8 Å². The Balaban J connectivity index is 1.64. The van der Waals surface area contributed by atoms with Crippen LogP contribution in [0.25, 0.3) is 0 Å². The van der Waals surface area contributed by atoms with Crippen LogP contribution in [0.4, 0.5) is 10.5 Å². The molecule has 3 rings (SSSR count). The van der Waals surface area contributed by atoms with Crippen LogP contribution < -0.4 is 11.1 Å². The van der Waals surface area contributed by atoms with E-state index >= 15 is 0 Å². The molecular weight excluding hydrogens is 354 g/mol. The summed E-state index contributed by atoms with van der Waals surface area (Å²) in [5.41, 5.74) is 6.98. The van der Waals surface area contributed by atoms with Gasteiger partial charge in [0, 0.05) is 11.3 Å². The molecule has 1 aliphatic heterocycles. The van der Waals surface area contributed by atoms with Crippen LogP contribution in [0, 0.1) is 0 Å². The topological polar surface area (TPSA) is 110 Å². The molecule has 2 fully saturated rings. The van der Waals surface area contributed by atoms with Crippen LogP contribution in [0.2, 0.25) is 0 Å². The summed E-state index contributed by atoms with van der Waals surface area (Å²) in [7, 11) is 0. The summed E-state index contributed by atoms with van der Waals surface area (Å²) in [5.74, 6) is -1.42. The van der Waals surface area contributed by atoms with Crippen molar-refractivity contribution in [3.8, 4) is 0 Å². The summed E-state index contributed by atoms with van der Waals surface area (Å²) < 4.78 is 0. The highest BCUT2D eigenvalue weighted by Gasteiger charge is 2.38. The van der Waals surface area contributed by atoms with Crippen LogP contribution in [0.15, 0.2) is 34.7 Å². The molecule has 0 aromatic heterocycles. The molecule has 1 saturated carbocycles. The highest BCUT2D eigenvalue weighted by atomic mass is 32.2. The number of nitrogens with one attached hydrogen (secondary N) is 1. The Hall–Kier alpha value is -2.61. The highest BCUT2D eigenvalue weighted by molar-refractivity contribution is 8.18. The van der Waals surface area contributed by atoms with Gasteiger partial charge in [0.15, 0.2) is 0 Å². The molecule has 26 heavy (non-hydrogen) atoms. The van der Waals surface area contributed by atoms with E-state index in [-0.39, 0.29) is 12.5 Å². The van der Waals surface area contributed by atoms with Gasteiger partial charge in [0.2, 0.25) is 11.8 Å². The number of nitrogens with two attached hydrogens (primary N) is 1. The largest absolute Gasteiger partial charge is 0.366 e. The van der Waals surface area contributed by atoms with Gasteiger partial charge < -0.3 is 11.1 Å². The number of amides is 4. The number of nitrogens with zero attached hydrogens (tertiary/aromatic N) is 1. The molecule has 1 saturated heterocycles. The van der Waals surface area contributed by atoms with Crippen molar-refractivity contribution in [3.63, 3.8) is 0 Å². The maximum atomic E-state index is 12.5. The molecule has 0 unspecified atom stereocenters. The molecule has 4 amide bonds. The summed E-state index contributed by atoms with van der Waals surface area (Å²) in [6.07, 6.45) is 4.89. The molecule has 0 atom stereocenters. The molecule has 136 valence electrons. The summed E-state index contributed by atoms with van der Waals surface area (Å²) in [6, 6.07) is 6.06. The van der Waals surface area contributed by atoms with E-state index in [0.29, 0.717) is 16.2 Å². The van der Waals surface area contributed by atoms with Gasteiger partial charge in [-0.05, 0) is 61.7 Å². The van der Waals surface area contributed by atoms with Crippen LogP contribution in [0.5, 0.6) is 0 Å². The second-order valence-corrected chi connectivity index (χ2v) is 7.20. The predicted molar refractivity (Wildman–Crippen MR) is 98.4 cm³/mol. The van der Waals surface area contributed by atoms with Crippen molar-refractivity contribution in [1.82, 2.24) is 4.90 Å². The summed E-state index contributed by atoms with van der Waals surface area (Å²) >= 11 is 0.927. The summed E-state index contributed by atoms with van der Waals surface area (Å²) in [4.78, 5) is 49.4. The van der Waals surface area contributed by atoms with Gasteiger partial charge in [-0.25, -0.2) is 0 Å². The third-order valence-electron chi connectivity index (χ3n) is 4.38. The number of thioether (sulfide) groups is 1. The number of allylic oxidation sites excluding steroid dienone is 1. The lowest BCUT2D eigenvalue weighted by atomic mass is 9.94. The van der Waals surface area contributed by atoms with Crippen LogP contribution in [0.1, 0.15) is 42.5 Å². The number of primary amides is 1. The number of carbonyl (C=O) groups excluding carboxylic acids is 4. The van der Waals surface area contributed by atoms with Crippen LogP contribution in [-0.2, 0) is 9.59 Å². The van der Waals surface area contributed by atoms with Crippen LogP contribution in [0.3, 0.4) is 0 Å². The Kier molecular flexibility index (Phi) is 5.41. The quantitative estimate of drug-likeness (QED) is 0.789. The SMILES string of the molecule is NC(=O)c1ccc(NC(=O)CN2C(=O)SC(=C3CCCCC3)C2=O)cc1. The van der Waals surface area contributed by atoms with Gasteiger partial charge in [0.1, 0.15) is 6.54 Å². The van der Waals surface area contributed by atoms with Crippen molar-refractivity contribution in [2.24, 2.45) is 5.73 Å². The van der Waals surface area contributed by atoms with Gasteiger partial charge in [0.25, 0.3) is 11.1 Å². The fraction of sp³-hybridized carbons (Fsp3) is 0.333. The summed E-state index contributed by atoms with van der Waals surface area (Å²) in [5, 5.41) is 2.19. The maximum Gasteiger partial charge on any atom is 0.294 e. The number of hydrogen-bond donors (Lipinski definition) is 2. The van der Waals surface area contributed by atoms with E-state index in [1.807, 2.05) is 0 Å². The van der Waals surface area contributed by atoms with E-state index in [9.17, 15) is 19.2 Å². The third-order valence-corrected chi connectivity index (χ3v) is 5.44. The molecule has 8 heteroatoms. The zero-order valence-corrected chi connectivity index (χ0v) is 14.9. The fourth-order valence-corrected chi connectivity index (χ4v) is 4.00. The molecule has 1 aromatic carbocycles. The first-order valence-electron chi connectivity index (χ1n) is 8.41. The monoisotopic (exact) mass is 373 g/mol. The lowest BCUT2D eigenvalue weighted by Gasteiger charge is -2.16. The average Bonchev–Trinajstić information content (AvgIpc) is 2.91. The van der Waals surface area contributed by atoms with Crippen molar-refractivity contribution >= 4 is 40.4 Å². The first kappa shape index (κ1) is 18.2. The third kappa shape index (κ3) is 3.96. The Bertz CT molecular complexity index is 793. The Morgan fingerprint density at radius 1 is 1.08 bits per heavy atom. The molecule has 3 N–H and O–H groups in total. The van der Waals surface area contributed by atoms with Gasteiger partial charge in [0.05, 0.1) is 4.91 Å². The molecule has 0 spiro atoms. The molecular formula is C18H19N3O4S. The lowest BCUT2D eigenvalue weighted by molar-refractivity contribution is -0.127. The normalized spacial score (nSPS) is 17.6. The van der Waals surface area contributed by atoms with Crippen molar-refractivity contribution in [2.75, 3.05) is 11.9 Å². The Morgan fingerprint density at radius 3 is 2.35 bits per heavy atom. The second-order valence-electron chi connectivity index (χ2n) is 6.24. The Labute approximate surface area is 155 Å². The molecule has 1 heterocycles. The second kappa shape index (κ2) is 7.74. The maximum absolute atomic E-state index is 12.5. The number of hydrogen-bond acceptors (Lipinski definition) is 5. The highest BCUT2D eigenvalue weighted by Crippen LogP contribution is 2.38. The van der Waals surface area contributed by atoms with E-state index < -0.39 is 17.1 Å². The first-order valence-corrected chi connectivity index (χ1v) is 9.23. The van der Waals surface area contributed by atoms with Gasteiger partial charge in [-0.15, -0.1) is 0 Å². The molecule has 0 radical (unpaired) electrons. The van der Waals surface area contributed by atoms with E-state index in [1.54, 1.807) is 0 Å². The first-order chi connectivity index (χ1) is 12.5. The van der Waals surface area contributed by atoms with E-state index in [0.717, 1.165) is 54.3 Å². The van der Waals surface area contributed by atoms with E-state index in [4.69, 9.17) is 5.73 Å². The standard InChI is InChI=1S/C18H19N3O4S/c19-16(23)12-6-8-13(9-7-12)20-14(22)10-21-17(24)15(26-18(21)25)11-4-2-1-3-5-11/h6-9H,1-5,10H2,(H2,19,23)(H,20,22). The number of carbonyl (C=O) groups is 4. The number of benzene rings is 1. The van der Waals surface area contributed by atoms with Gasteiger partial charge in [-0.2, -0.15) is 0 Å². The van der Waals surface area contributed by atoms with Crippen molar-refractivity contribution < 1.29 is 19.2 Å². The van der Waals surface area contributed by atoms with Crippen molar-refractivity contribution in [1.29, 1.82) is 0 Å². The minimum Gasteiger partial charge on any atom is -0.366 e. The molecule has 1 aromatic rings. The van der Waals surface area contributed by atoms with Gasteiger partial charge in [-0.3, -0.25) is 24.1 Å². The number of rotatable bonds is 4. The minimum absolute atomic E-state index is 0.327. The van der Waals surface area contributed by atoms with Crippen molar-refractivity contribution in [3.05, 3.63) is 40.3 Å². The molecule has 1 aliphatic carbocycles. The molecule has 7 nitrogen and oxygen atoms in total. The molecule has 0 bridgehead atoms. The smallest absolute Gasteiger partial charge is 0.294 e. The lowest BCUT2D eigenvalue weighted by Crippen LogP contribution is -2.36. The fourth-order valence-electron chi connectivity index (χ4n) is 3.02. The number of imide groups is 1.